The minimum atomic E-state index is -0.485. The van der Waals surface area contributed by atoms with Crippen LogP contribution in [0.5, 0.6) is 11.5 Å². The molecule has 0 bridgehead atoms. The number of cyclic esters (lactones) is 1. The molecule has 0 atom stereocenters. The number of ether oxygens (including phenoxy) is 3. The summed E-state index contributed by atoms with van der Waals surface area (Å²) in [5, 5.41) is 9.97. The summed E-state index contributed by atoms with van der Waals surface area (Å²) in [6.07, 6.45) is 1.05. The Morgan fingerprint density at radius 1 is 1.16 bits per heavy atom. The van der Waals surface area contributed by atoms with Gasteiger partial charge in [0, 0.05) is 29.2 Å². The van der Waals surface area contributed by atoms with Crippen LogP contribution in [0.2, 0.25) is 0 Å². The van der Waals surface area contributed by atoms with E-state index in [0.29, 0.717) is 24.3 Å². The number of hydrogen-bond acceptors (Lipinski definition) is 5. The molecular formula is C14H14O5. The van der Waals surface area contributed by atoms with Crippen LogP contribution in [0.15, 0.2) is 11.8 Å². The van der Waals surface area contributed by atoms with Crippen molar-refractivity contribution in [2.45, 2.75) is 19.4 Å². The minimum absolute atomic E-state index is 0.0776. The molecule has 0 spiro atoms. The smallest absolute Gasteiger partial charge is 0.342 e. The SMILES string of the molecule is COc1cc(OC)c2c3c1CCC(O)=C3C(=O)OC2. The van der Waals surface area contributed by atoms with Crippen molar-refractivity contribution in [1.29, 1.82) is 0 Å². The molecule has 0 fully saturated rings. The van der Waals surface area contributed by atoms with Crippen molar-refractivity contribution in [3.8, 4) is 11.5 Å². The van der Waals surface area contributed by atoms with Gasteiger partial charge in [0.2, 0.25) is 0 Å². The molecular weight excluding hydrogens is 248 g/mol. The molecule has 3 rings (SSSR count). The Bertz CT molecular complexity index is 600. The van der Waals surface area contributed by atoms with Crippen LogP contribution in [0.1, 0.15) is 23.1 Å². The second-order valence-electron chi connectivity index (χ2n) is 4.51. The molecule has 5 heteroatoms. The van der Waals surface area contributed by atoms with Crippen molar-refractivity contribution in [2.24, 2.45) is 0 Å². The van der Waals surface area contributed by atoms with Crippen LogP contribution in [0, 0.1) is 0 Å². The predicted octanol–water partition coefficient (Wildman–Crippen LogP) is 1.98. The lowest BCUT2D eigenvalue weighted by atomic mass is 9.84. The van der Waals surface area contributed by atoms with Gasteiger partial charge in [-0.05, 0) is 6.42 Å². The van der Waals surface area contributed by atoms with E-state index in [1.165, 1.54) is 0 Å². The van der Waals surface area contributed by atoms with E-state index < -0.39 is 5.97 Å². The number of methoxy groups -OCH3 is 2. The number of aliphatic hydroxyl groups excluding tert-OH is 1. The predicted molar refractivity (Wildman–Crippen MR) is 67.2 cm³/mol. The van der Waals surface area contributed by atoms with Crippen LogP contribution in [-0.4, -0.2) is 25.3 Å². The summed E-state index contributed by atoms with van der Waals surface area (Å²) in [5.41, 5.74) is 2.69. The quantitative estimate of drug-likeness (QED) is 0.825. The molecule has 0 amide bonds. The van der Waals surface area contributed by atoms with Gasteiger partial charge in [0.15, 0.2) is 0 Å². The van der Waals surface area contributed by atoms with Gasteiger partial charge < -0.3 is 19.3 Å². The van der Waals surface area contributed by atoms with E-state index in [1.54, 1.807) is 20.3 Å². The van der Waals surface area contributed by atoms with Crippen LogP contribution < -0.4 is 9.47 Å². The summed E-state index contributed by atoms with van der Waals surface area (Å²) < 4.78 is 15.8. The lowest BCUT2D eigenvalue weighted by molar-refractivity contribution is -0.138. The highest BCUT2D eigenvalue weighted by atomic mass is 16.5. The fourth-order valence-electron chi connectivity index (χ4n) is 2.72. The van der Waals surface area contributed by atoms with Gasteiger partial charge in [0.05, 0.1) is 14.2 Å². The zero-order valence-corrected chi connectivity index (χ0v) is 10.8. The lowest BCUT2D eigenvalue weighted by Crippen LogP contribution is -2.23. The van der Waals surface area contributed by atoms with Gasteiger partial charge in [-0.1, -0.05) is 0 Å². The summed E-state index contributed by atoms with van der Waals surface area (Å²) in [7, 11) is 3.14. The Labute approximate surface area is 110 Å². The average molecular weight is 262 g/mol. The van der Waals surface area contributed by atoms with E-state index in [-0.39, 0.29) is 17.9 Å². The molecule has 1 aliphatic heterocycles. The number of allylic oxidation sites excluding steroid dienone is 1. The molecule has 100 valence electrons. The maximum absolute atomic E-state index is 11.9. The van der Waals surface area contributed by atoms with Crippen LogP contribution in [0.4, 0.5) is 0 Å². The van der Waals surface area contributed by atoms with Crippen molar-refractivity contribution in [3.63, 3.8) is 0 Å². The van der Waals surface area contributed by atoms with Gasteiger partial charge >= 0.3 is 5.97 Å². The Balaban J connectivity index is 2.36. The number of carbonyl (C=O) groups excluding carboxylic acids is 1. The first-order valence-electron chi connectivity index (χ1n) is 6.03. The van der Waals surface area contributed by atoms with Crippen LogP contribution in [0.3, 0.4) is 0 Å². The number of hydrogen-bond donors (Lipinski definition) is 1. The van der Waals surface area contributed by atoms with E-state index in [9.17, 15) is 9.90 Å². The first kappa shape index (κ1) is 11.9. The van der Waals surface area contributed by atoms with Gasteiger partial charge in [-0.3, -0.25) is 0 Å². The minimum Gasteiger partial charge on any atom is -0.511 e. The fourth-order valence-corrected chi connectivity index (χ4v) is 2.72. The Kier molecular flexibility index (Phi) is 2.62. The zero-order valence-electron chi connectivity index (χ0n) is 10.8. The molecule has 1 aliphatic carbocycles. The van der Waals surface area contributed by atoms with Crippen molar-refractivity contribution in [2.75, 3.05) is 14.2 Å². The largest absolute Gasteiger partial charge is 0.511 e. The third-order valence-corrected chi connectivity index (χ3v) is 3.60. The monoisotopic (exact) mass is 262 g/mol. The van der Waals surface area contributed by atoms with Gasteiger partial charge in [0.25, 0.3) is 0 Å². The Hall–Kier alpha value is -2.17. The summed E-state index contributed by atoms with van der Waals surface area (Å²) in [4.78, 5) is 11.9. The summed E-state index contributed by atoms with van der Waals surface area (Å²) >= 11 is 0. The third kappa shape index (κ3) is 1.58. The highest BCUT2D eigenvalue weighted by molar-refractivity contribution is 6.19. The van der Waals surface area contributed by atoms with Crippen molar-refractivity contribution >= 4 is 11.5 Å². The maximum Gasteiger partial charge on any atom is 0.342 e. The van der Waals surface area contributed by atoms with E-state index >= 15 is 0 Å². The summed E-state index contributed by atoms with van der Waals surface area (Å²) in [6, 6.07) is 1.80. The van der Waals surface area contributed by atoms with Crippen LogP contribution in [0.25, 0.3) is 5.57 Å². The topological polar surface area (TPSA) is 65.0 Å². The first-order chi connectivity index (χ1) is 9.17. The molecule has 0 radical (unpaired) electrons. The van der Waals surface area contributed by atoms with Gasteiger partial charge in [-0.2, -0.15) is 0 Å². The van der Waals surface area contributed by atoms with E-state index in [0.717, 1.165) is 16.7 Å². The first-order valence-corrected chi connectivity index (χ1v) is 6.03. The highest BCUT2D eigenvalue weighted by Gasteiger charge is 2.35. The standard InChI is InChI=1S/C14H14O5/c1-17-10-5-11(18-2)8-6-19-14(16)13-9(15)4-3-7(10)12(8)13/h5,15H,3-4,6H2,1-2H3. The van der Waals surface area contributed by atoms with Crippen LogP contribution in [-0.2, 0) is 22.6 Å². The van der Waals surface area contributed by atoms with Gasteiger partial charge in [-0.15, -0.1) is 0 Å². The molecule has 19 heavy (non-hydrogen) atoms. The van der Waals surface area contributed by atoms with Crippen LogP contribution >= 0.6 is 0 Å². The number of carbonyl (C=O) groups is 1. The van der Waals surface area contributed by atoms with Gasteiger partial charge in [0.1, 0.15) is 29.4 Å². The van der Waals surface area contributed by atoms with E-state index in [4.69, 9.17) is 14.2 Å². The molecule has 0 saturated heterocycles. The Morgan fingerprint density at radius 2 is 1.84 bits per heavy atom. The number of rotatable bonds is 2. The number of aliphatic hydroxyl groups is 1. The maximum atomic E-state index is 11.9. The fraction of sp³-hybridized carbons (Fsp3) is 0.357. The van der Waals surface area contributed by atoms with E-state index in [2.05, 4.69) is 0 Å². The highest BCUT2D eigenvalue weighted by Crippen LogP contribution is 2.45. The molecule has 1 aromatic rings. The van der Waals surface area contributed by atoms with Crippen molar-refractivity contribution in [3.05, 3.63) is 28.5 Å². The van der Waals surface area contributed by atoms with E-state index in [1.807, 2.05) is 0 Å². The zero-order chi connectivity index (χ0) is 13.6. The average Bonchev–Trinajstić information content (AvgIpc) is 2.43. The molecule has 0 saturated carbocycles. The van der Waals surface area contributed by atoms with Crippen molar-refractivity contribution < 1.29 is 24.1 Å². The summed E-state index contributed by atoms with van der Waals surface area (Å²) in [6.45, 7) is 0.158. The molecule has 0 unspecified atom stereocenters. The lowest BCUT2D eigenvalue weighted by Gasteiger charge is -2.28. The Morgan fingerprint density at radius 3 is 2.53 bits per heavy atom. The summed E-state index contributed by atoms with van der Waals surface area (Å²) in [5.74, 6) is 0.876. The second kappa shape index (κ2) is 4.19. The third-order valence-electron chi connectivity index (χ3n) is 3.60. The number of esters is 1. The molecule has 0 aromatic heterocycles. The molecule has 2 aliphatic rings. The van der Waals surface area contributed by atoms with Crippen molar-refractivity contribution in [1.82, 2.24) is 0 Å². The molecule has 5 nitrogen and oxygen atoms in total. The number of benzene rings is 1. The molecule has 1 heterocycles. The van der Waals surface area contributed by atoms with Gasteiger partial charge in [-0.25, -0.2) is 4.79 Å². The molecule has 1 N–H and O–H groups in total. The normalized spacial score (nSPS) is 16.8. The second-order valence-corrected chi connectivity index (χ2v) is 4.51. The molecule has 1 aromatic carbocycles.